The highest BCUT2D eigenvalue weighted by Gasteiger charge is 2.32. The average molecular weight is 441 g/mol. The van der Waals surface area contributed by atoms with Crippen molar-refractivity contribution in [1.29, 1.82) is 0 Å². The van der Waals surface area contributed by atoms with E-state index in [1.165, 1.54) is 58.9 Å². The lowest BCUT2D eigenvalue weighted by Crippen LogP contribution is -2.24. The van der Waals surface area contributed by atoms with E-state index < -0.39 is 0 Å². The third-order valence-electron chi connectivity index (χ3n) is 6.77. The van der Waals surface area contributed by atoms with Gasteiger partial charge in [0, 0.05) is 29.4 Å². The maximum atomic E-state index is 12.3. The molecule has 0 atom stereocenters. The topological polar surface area (TPSA) is 34.5 Å². The van der Waals surface area contributed by atoms with Crippen LogP contribution in [0.15, 0.2) is 29.2 Å². The minimum absolute atomic E-state index is 0.136. The number of benzene rings is 1. The summed E-state index contributed by atoms with van der Waals surface area (Å²) in [5, 5.41) is 0. The summed E-state index contributed by atoms with van der Waals surface area (Å²) in [5.74, 6) is -0.136. The fourth-order valence-corrected chi connectivity index (χ4v) is 6.02. The maximum absolute atomic E-state index is 12.3. The monoisotopic (exact) mass is 440 g/mol. The fraction of sp³-hybridized carbons (Fsp3) is 0.577. The van der Waals surface area contributed by atoms with Crippen LogP contribution >= 0.6 is 11.9 Å². The number of hydrogen-bond donors (Lipinski definition) is 0. The van der Waals surface area contributed by atoms with Crippen LogP contribution in [0.3, 0.4) is 0 Å². The third kappa shape index (κ3) is 5.20. The second-order valence-electron chi connectivity index (χ2n) is 9.77. The molecule has 1 saturated heterocycles. The molecular weight excluding hydrogens is 404 g/mol. The summed E-state index contributed by atoms with van der Waals surface area (Å²) in [4.78, 5) is 13.6. The van der Waals surface area contributed by atoms with Gasteiger partial charge in [-0.25, -0.2) is 4.31 Å². The Morgan fingerprint density at radius 1 is 1.16 bits per heavy atom. The van der Waals surface area contributed by atoms with Crippen LogP contribution in [0.1, 0.15) is 68.1 Å². The lowest BCUT2D eigenvalue weighted by molar-refractivity contribution is -0.143. The van der Waals surface area contributed by atoms with Crippen LogP contribution in [0, 0.1) is 12.3 Å². The van der Waals surface area contributed by atoms with Crippen LogP contribution in [-0.4, -0.2) is 34.5 Å². The van der Waals surface area contributed by atoms with Crippen LogP contribution in [0.2, 0.25) is 0 Å². The van der Waals surface area contributed by atoms with Gasteiger partial charge in [-0.15, -0.1) is 0 Å². The van der Waals surface area contributed by atoms with Crippen LogP contribution < -0.4 is 0 Å². The first kappa shape index (κ1) is 22.5. The molecule has 2 aromatic rings. The first-order valence-electron chi connectivity index (χ1n) is 11.7. The molecule has 2 aliphatic rings. The zero-order valence-electron chi connectivity index (χ0n) is 19.5. The molecule has 2 heterocycles. The average Bonchev–Trinajstić information content (AvgIpc) is 3.31. The third-order valence-corrected chi connectivity index (χ3v) is 7.88. The fourth-order valence-electron chi connectivity index (χ4n) is 5.02. The number of fused-ring (bicyclic) bond motifs is 1. The van der Waals surface area contributed by atoms with Crippen LogP contribution in [-0.2, 0) is 35.3 Å². The molecule has 31 heavy (non-hydrogen) atoms. The molecule has 0 spiro atoms. The van der Waals surface area contributed by atoms with Gasteiger partial charge in [-0.05, 0) is 98.6 Å². The molecule has 0 bridgehead atoms. The summed E-state index contributed by atoms with van der Waals surface area (Å²) in [6, 6.07) is 9.08. The Balaban J connectivity index is 1.58. The van der Waals surface area contributed by atoms with Crippen molar-refractivity contribution in [2.45, 2.75) is 77.7 Å². The molecular formula is C26H36N2O2S. The number of aromatic nitrogens is 1. The molecule has 5 heteroatoms. The van der Waals surface area contributed by atoms with Gasteiger partial charge in [0.2, 0.25) is 0 Å². The first-order chi connectivity index (χ1) is 14.9. The highest BCUT2D eigenvalue weighted by Crippen LogP contribution is 2.39. The van der Waals surface area contributed by atoms with E-state index in [1.54, 1.807) is 0 Å². The standard InChI is InChI=1S/C26H36N2O2S/c1-5-30-25(29)18-28-19(2)22(23-17-26(3,4)13-12-24(23)28)16-20-8-10-21(11-9-20)31-27-14-6-7-15-27/h8-11H,5-7,12-18H2,1-4H3. The van der Waals surface area contributed by atoms with E-state index in [0.29, 0.717) is 18.6 Å². The number of carbonyl (C=O) groups is 1. The van der Waals surface area contributed by atoms with E-state index in [2.05, 4.69) is 53.9 Å². The number of carbonyl (C=O) groups excluding carboxylic acids is 1. The van der Waals surface area contributed by atoms with Gasteiger partial charge in [-0.1, -0.05) is 26.0 Å². The van der Waals surface area contributed by atoms with Crippen molar-refractivity contribution in [2.75, 3.05) is 19.7 Å². The van der Waals surface area contributed by atoms with E-state index in [9.17, 15) is 4.79 Å². The first-order valence-corrected chi connectivity index (χ1v) is 12.5. The van der Waals surface area contributed by atoms with E-state index in [-0.39, 0.29) is 5.97 Å². The molecule has 0 N–H and O–H groups in total. The Morgan fingerprint density at radius 3 is 2.55 bits per heavy atom. The number of rotatable bonds is 7. The summed E-state index contributed by atoms with van der Waals surface area (Å²) in [5.41, 5.74) is 7.10. The number of nitrogens with zero attached hydrogens (tertiary/aromatic N) is 2. The van der Waals surface area contributed by atoms with E-state index in [4.69, 9.17) is 4.74 Å². The Bertz CT molecular complexity index is 924. The molecule has 4 rings (SSSR count). The minimum Gasteiger partial charge on any atom is -0.465 e. The van der Waals surface area contributed by atoms with Crippen molar-refractivity contribution < 1.29 is 9.53 Å². The summed E-state index contributed by atoms with van der Waals surface area (Å²) < 4.78 is 9.96. The summed E-state index contributed by atoms with van der Waals surface area (Å²) >= 11 is 1.89. The normalized spacial score (nSPS) is 18.2. The Labute approximate surface area is 191 Å². The molecule has 0 saturated carbocycles. The summed E-state index contributed by atoms with van der Waals surface area (Å²) in [6.45, 7) is 11.9. The predicted octanol–water partition coefficient (Wildman–Crippen LogP) is 5.57. The van der Waals surface area contributed by atoms with E-state index in [0.717, 1.165) is 25.7 Å². The SMILES string of the molecule is CCOC(=O)Cn1c(C)c(Cc2ccc(SN3CCCC3)cc2)c2c1CCC(C)(C)C2. The molecule has 0 unspecified atom stereocenters. The molecule has 168 valence electrons. The van der Waals surface area contributed by atoms with Gasteiger partial charge < -0.3 is 9.30 Å². The molecule has 1 aliphatic carbocycles. The van der Waals surface area contributed by atoms with Gasteiger partial charge in [0.1, 0.15) is 6.54 Å². The van der Waals surface area contributed by atoms with Gasteiger partial charge in [-0.2, -0.15) is 0 Å². The van der Waals surface area contributed by atoms with Gasteiger partial charge in [0.15, 0.2) is 0 Å². The molecule has 4 nitrogen and oxygen atoms in total. The van der Waals surface area contributed by atoms with E-state index >= 15 is 0 Å². The predicted molar refractivity (Wildman–Crippen MR) is 128 cm³/mol. The van der Waals surface area contributed by atoms with Crippen molar-refractivity contribution in [3.05, 3.63) is 52.3 Å². The number of hydrogen-bond acceptors (Lipinski definition) is 4. The van der Waals surface area contributed by atoms with Crippen LogP contribution in [0.4, 0.5) is 0 Å². The lowest BCUT2D eigenvalue weighted by Gasteiger charge is -2.31. The van der Waals surface area contributed by atoms with Crippen molar-refractivity contribution in [3.8, 4) is 0 Å². The Morgan fingerprint density at radius 2 is 1.87 bits per heavy atom. The van der Waals surface area contributed by atoms with Crippen LogP contribution in [0.25, 0.3) is 0 Å². The zero-order valence-corrected chi connectivity index (χ0v) is 20.3. The van der Waals surface area contributed by atoms with Crippen molar-refractivity contribution in [1.82, 2.24) is 8.87 Å². The number of ether oxygens (including phenoxy) is 1. The van der Waals surface area contributed by atoms with Crippen molar-refractivity contribution in [2.24, 2.45) is 5.41 Å². The molecule has 0 radical (unpaired) electrons. The smallest absolute Gasteiger partial charge is 0.325 e. The summed E-state index contributed by atoms with van der Waals surface area (Å²) in [7, 11) is 0. The molecule has 1 aromatic carbocycles. The molecule has 1 aliphatic heterocycles. The molecule has 0 amide bonds. The largest absolute Gasteiger partial charge is 0.465 e. The quantitative estimate of drug-likeness (QED) is 0.416. The molecule has 1 fully saturated rings. The van der Waals surface area contributed by atoms with Gasteiger partial charge in [0.25, 0.3) is 0 Å². The highest BCUT2D eigenvalue weighted by molar-refractivity contribution is 7.97. The van der Waals surface area contributed by atoms with Crippen molar-refractivity contribution in [3.63, 3.8) is 0 Å². The van der Waals surface area contributed by atoms with Crippen molar-refractivity contribution >= 4 is 17.9 Å². The van der Waals surface area contributed by atoms with Gasteiger partial charge in [0.05, 0.1) is 6.61 Å². The minimum atomic E-state index is -0.136. The zero-order chi connectivity index (χ0) is 22.0. The lowest BCUT2D eigenvalue weighted by atomic mass is 9.75. The Kier molecular flexibility index (Phi) is 6.83. The van der Waals surface area contributed by atoms with Crippen LogP contribution in [0.5, 0.6) is 0 Å². The van der Waals surface area contributed by atoms with Gasteiger partial charge in [-0.3, -0.25) is 4.79 Å². The highest BCUT2D eigenvalue weighted by atomic mass is 32.2. The second kappa shape index (κ2) is 9.41. The van der Waals surface area contributed by atoms with Gasteiger partial charge >= 0.3 is 5.97 Å². The second-order valence-corrected chi connectivity index (χ2v) is 10.9. The number of esters is 1. The summed E-state index contributed by atoms with van der Waals surface area (Å²) in [6.07, 6.45) is 6.83. The Hall–Kier alpha value is -1.72. The molecule has 1 aromatic heterocycles. The van der Waals surface area contributed by atoms with E-state index in [1.807, 2.05) is 18.9 Å². The maximum Gasteiger partial charge on any atom is 0.325 e.